The van der Waals surface area contributed by atoms with Crippen molar-refractivity contribution in [1.82, 2.24) is 9.97 Å². The third kappa shape index (κ3) is 17.6. The van der Waals surface area contributed by atoms with Crippen molar-refractivity contribution in [3.05, 3.63) is 58.2 Å². The van der Waals surface area contributed by atoms with E-state index in [1.54, 1.807) is 0 Å². The molecule has 7 nitrogen and oxygen atoms in total. The van der Waals surface area contributed by atoms with Gasteiger partial charge in [0.1, 0.15) is 19.7 Å². The Balaban J connectivity index is 0.000000460. The predicted octanol–water partition coefficient (Wildman–Crippen LogP) is 9.67. The molecule has 2 rings (SSSR count). The van der Waals surface area contributed by atoms with Crippen molar-refractivity contribution in [2.24, 2.45) is 10.8 Å². The van der Waals surface area contributed by atoms with Crippen LogP contribution in [0.1, 0.15) is 94.4 Å². The monoisotopic (exact) mass is 676 g/mol. The number of aliphatic hydroxyl groups excluding tert-OH is 1. The van der Waals surface area contributed by atoms with Crippen LogP contribution in [0.4, 0.5) is 0 Å². The van der Waals surface area contributed by atoms with Crippen LogP contribution in [0.15, 0.2) is 24.3 Å². The van der Waals surface area contributed by atoms with Gasteiger partial charge in [-0.1, -0.05) is 99.9 Å². The molecule has 264 valence electrons. The van der Waals surface area contributed by atoms with Crippen LogP contribution in [-0.2, 0) is 32.2 Å². The third-order valence-electron chi connectivity index (χ3n) is 8.00. The maximum absolute atomic E-state index is 10.5. The molecule has 2 heterocycles. The first-order chi connectivity index (χ1) is 21.0. The summed E-state index contributed by atoms with van der Waals surface area (Å²) in [6.07, 6.45) is -0.588. The number of rotatable bonds is 16. The largest absolute Gasteiger partial charge is 0.386 e. The van der Waals surface area contributed by atoms with Crippen molar-refractivity contribution < 1.29 is 24.1 Å². The van der Waals surface area contributed by atoms with Crippen molar-refractivity contribution in [2.45, 2.75) is 139 Å². The molecule has 2 atom stereocenters. The van der Waals surface area contributed by atoms with Gasteiger partial charge in [-0.25, -0.2) is 0 Å². The Hall–Kier alpha value is -1.47. The molecule has 2 aromatic rings. The van der Waals surface area contributed by atoms with Crippen molar-refractivity contribution in [3.63, 3.8) is 0 Å². The lowest BCUT2D eigenvalue weighted by molar-refractivity contribution is -0.0585. The molecule has 0 saturated carbocycles. The fourth-order valence-electron chi connectivity index (χ4n) is 4.15. The molecule has 2 unspecified atom stereocenters. The lowest BCUT2D eigenvalue weighted by atomic mass is 9.79. The highest BCUT2D eigenvalue weighted by molar-refractivity contribution is 6.76. The SMILES string of the molecule is Cc1ccc(COCOCC[Si](C)(C)C)nc1C(C)C(C)(C)C.Cc1ccc(COCOCC[Si](C)(C)C)nc1C(O)C(C)(C)C. The van der Waals surface area contributed by atoms with Gasteiger partial charge in [0.25, 0.3) is 0 Å². The minimum Gasteiger partial charge on any atom is -0.386 e. The van der Waals surface area contributed by atoms with E-state index >= 15 is 0 Å². The van der Waals surface area contributed by atoms with Crippen LogP contribution in [0.2, 0.25) is 51.4 Å². The van der Waals surface area contributed by atoms with Crippen molar-refractivity contribution in [2.75, 3.05) is 26.8 Å². The summed E-state index contributed by atoms with van der Waals surface area (Å²) in [5.74, 6) is 0.412. The molecule has 0 radical (unpaired) electrons. The molecule has 0 fully saturated rings. The molecule has 2 aromatic heterocycles. The number of pyridine rings is 2. The highest BCUT2D eigenvalue weighted by atomic mass is 28.3. The van der Waals surface area contributed by atoms with E-state index in [0.29, 0.717) is 25.9 Å². The summed E-state index contributed by atoms with van der Waals surface area (Å²) in [5, 5.41) is 10.5. The molecule has 0 aliphatic carbocycles. The van der Waals surface area contributed by atoms with Gasteiger partial charge in [-0.05, 0) is 60.0 Å². The number of aromatic nitrogens is 2. The molecule has 9 heteroatoms. The van der Waals surface area contributed by atoms with Gasteiger partial charge in [0.2, 0.25) is 0 Å². The highest BCUT2D eigenvalue weighted by Crippen LogP contribution is 2.35. The summed E-state index contributed by atoms with van der Waals surface area (Å²) >= 11 is 0. The van der Waals surface area contributed by atoms with Crippen LogP contribution < -0.4 is 0 Å². The number of nitrogens with zero attached hydrogens (tertiary/aromatic N) is 2. The fraction of sp³-hybridized carbons (Fsp3) is 0.730. The van der Waals surface area contributed by atoms with Gasteiger partial charge in [-0.2, -0.15) is 0 Å². The Morgan fingerprint density at radius 3 is 1.39 bits per heavy atom. The zero-order chi connectivity index (χ0) is 35.3. The second-order valence-electron chi connectivity index (χ2n) is 17.2. The van der Waals surface area contributed by atoms with Gasteiger partial charge in [-0.15, -0.1) is 0 Å². The number of hydrogen-bond donors (Lipinski definition) is 1. The number of hydrogen-bond acceptors (Lipinski definition) is 7. The molecule has 0 bridgehead atoms. The molecular weight excluding hydrogens is 609 g/mol. The summed E-state index contributed by atoms with van der Waals surface area (Å²) in [7, 11) is -2.06. The molecule has 0 aliphatic heterocycles. The Kier molecular flexibility index (Phi) is 17.5. The predicted molar refractivity (Wildman–Crippen MR) is 198 cm³/mol. The van der Waals surface area contributed by atoms with Crippen molar-refractivity contribution >= 4 is 16.1 Å². The lowest BCUT2D eigenvalue weighted by Gasteiger charge is -2.28. The minimum atomic E-state index is -1.05. The molecule has 0 spiro atoms. The van der Waals surface area contributed by atoms with E-state index in [1.807, 2.05) is 39.8 Å². The summed E-state index contributed by atoms with van der Waals surface area (Å²) < 4.78 is 22.3. The first-order valence-electron chi connectivity index (χ1n) is 16.9. The van der Waals surface area contributed by atoms with Gasteiger partial charge in [-0.3, -0.25) is 9.97 Å². The Morgan fingerprint density at radius 2 is 1.02 bits per heavy atom. The summed E-state index contributed by atoms with van der Waals surface area (Å²) in [4.78, 5) is 9.39. The molecule has 0 aliphatic rings. The first-order valence-corrected chi connectivity index (χ1v) is 24.3. The standard InChI is InChI=1S/C19H35NO2Si.C18H33NO3Si/c1-15-9-10-17(20-18(15)16(2)19(3,4)5)13-22-14-21-11-12-23(6,7)8;1-14-8-9-15(19-16(14)17(20)18(2,3)4)12-22-13-21-10-11-23(5,6)7/h9-10,16H,11-14H2,1-8H3;8-9,17,20H,10-13H2,1-7H3. The van der Waals surface area contributed by atoms with E-state index in [4.69, 9.17) is 23.9 Å². The van der Waals surface area contributed by atoms with Crippen molar-refractivity contribution in [3.8, 4) is 0 Å². The Morgan fingerprint density at radius 1 is 0.630 bits per heavy atom. The van der Waals surface area contributed by atoms with Crippen LogP contribution in [0, 0.1) is 24.7 Å². The van der Waals surface area contributed by atoms with Crippen LogP contribution in [0.3, 0.4) is 0 Å². The van der Waals surface area contributed by atoms with Crippen LogP contribution in [0.25, 0.3) is 0 Å². The summed E-state index contributed by atoms with van der Waals surface area (Å²) in [6.45, 7) is 36.3. The van der Waals surface area contributed by atoms with Gasteiger partial charge in [0.15, 0.2) is 0 Å². The van der Waals surface area contributed by atoms with Gasteiger partial charge >= 0.3 is 0 Å². The van der Waals surface area contributed by atoms with E-state index in [2.05, 4.69) is 91.0 Å². The van der Waals surface area contributed by atoms with E-state index in [0.717, 1.165) is 41.9 Å². The molecule has 0 aromatic carbocycles. The molecule has 0 saturated heterocycles. The second-order valence-corrected chi connectivity index (χ2v) is 28.5. The van der Waals surface area contributed by atoms with Gasteiger partial charge in [0.05, 0.1) is 30.3 Å². The van der Waals surface area contributed by atoms with Crippen LogP contribution in [0.5, 0.6) is 0 Å². The summed E-state index contributed by atoms with van der Waals surface area (Å²) in [5.41, 5.74) is 5.94. The minimum absolute atomic E-state index is 0.206. The fourth-order valence-corrected chi connectivity index (χ4v) is 5.67. The van der Waals surface area contributed by atoms with E-state index < -0.39 is 22.3 Å². The molecule has 1 N–H and O–H groups in total. The van der Waals surface area contributed by atoms with Crippen LogP contribution in [-0.4, -0.2) is 58.0 Å². The zero-order valence-electron chi connectivity index (χ0n) is 32.1. The number of aliphatic hydroxyl groups is 1. The molecule has 46 heavy (non-hydrogen) atoms. The first kappa shape index (κ1) is 42.6. The average molecular weight is 677 g/mol. The normalized spacial score (nSPS) is 14.1. The number of aryl methyl sites for hydroxylation is 2. The lowest BCUT2D eigenvalue weighted by Crippen LogP contribution is -2.22. The van der Waals surface area contributed by atoms with Gasteiger partial charge < -0.3 is 24.1 Å². The molecule has 0 amide bonds. The van der Waals surface area contributed by atoms with E-state index in [1.165, 1.54) is 17.3 Å². The quantitative estimate of drug-likeness (QED) is 0.108. The Bertz CT molecular complexity index is 1070. The maximum Gasteiger partial charge on any atom is 0.147 e. The van der Waals surface area contributed by atoms with Crippen LogP contribution >= 0.6 is 0 Å². The average Bonchev–Trinajstić information content (AvgIpc) is 2.91. The smallest absolute Gasteiger partial charge is 0.147 e. The highest BCUT2D eigenvalue weighted by Gasteiger charge is 2.27. The van der Waals surface area contributed by atoms with Gasteiger partial charge in [0, 0.05) is 41.0 Å². The molecular formula is C37H68N2O5Si2. The van der Waals surface area contributed by atoms with Crippen molar-refractivity contribution in [1.29, 1.82) is 0 Å². The van der Waals surface area contributed by atoms with E-state index in [9.17, 15) is 5.11 Å². The van der Waals surface area contributed by atoms with E-state index in [-0.39, 0.29) is 17.6 Å². The topological polar surface area (TPSA) is 82.9 Å². The third-order valence-corrected chi connectivity index (χ3v) is 11.4. The maximum atomic E-state index is 10.5. The second kappa shape index (κ2) is 18.9. The Labute approximate surface area is 284 Å². The zero-order valence-corrected chi connectivity index (χ0v) is 34.1. The number of ether oxygens (including phenoxy) is 4. The summed E-state index contributed by atoms with van der Waals surface area (Å²) in [6, 6.07) is 10.4.